The third-order valence-electron chi connectivity index (χ3n) is 5.31. The van der Waals surface area contributed by atoms with E-state index in [1.54, 1.807) is 6.20 Å². The maximum atomic E-state index is 13.4. The van der Waals surface area contributed by atoms with E-state index in [0.717, 1.165) is 22.2 Å². The predicted octanol–water partition coefficient (Wildman–Crippen LogP) is 4.71. The summed E-state index contributed by atoms with van der Waals surface area (Å²) in [6, 6.07) is 13.4. The predicted molar refractivity (Wildman–Crippen MR) is 131 cm³/mol. The molecule has 3 N–H and O–H groups in total. The molecule has 0 fully saturated rings. The molecule has 2 heterocycles. The van der Waals surface area contributed by atoms with E-state index in [9.17, 15) is 9.59 Å². The van der Waals surface area contributed by atoms with Gasteiger partial charge in [-0.1, -0.05) is 66.0 Å². The highest BCUT2D eigenvalue weighted by Crippen LogP contribution is 2.27. The minimum absolute atomic E-state index is 0.242. The van der Waals surface area contributed by atoms with Gasteiger partial charge < -0.3 is 20.4 Å². The number of rotatable bonds is 9. The molecule has 176 valence electrons. The fraction of sp³-hybridized carbons (Fsp3) is 0.348. The van der Waals surface area contributed by atoms with Gasteiger partial charge in [-0.15, -0.1) is 0 Å². The molecule has 0 radical (unpaired) electrons. The summed E-state index contributed by atoms with van der Waals surface area (Å²) in [6.45, 7) is 1.73. The molecule has 0 bridgehead atoms. The summed E-state index contributed by atoms with van der Waals surface area (Å²) in [7, 11) is 0. The number of hydrogen-bond acceptors (Lipinski definition) is 4. The number of aromatic nitrogens is 2. The van der Waals surface area contributed by atoms with Crippen molar-refractivity contribution < 1.29 is 14.3 Å². The van der Waals surface area contributed by atoms with Crippen molar-refractivity contribution in [2.45, 2.75) is 35.5 Å². The van der Waals surface area contributed by atoms with E-state index in [2.05, 4.69) is 20.6 Å². The third-order valence-corrected chi connectivity index (χ3v) is 5.63. The number of benzene rings is 1. The van der Waals surface area contributed by atoms with E-state index in [1.165, 1.54) is 0 Å². The number of carbonyl (C=O) groups is 2. The Kier molecular flexibility index (Phi) is 8.46. The van der Waals surface area contributed by atoms with Crippen molar-refractivity contribution in [1.29, 1.82) is 0 Å². The molecule has 7 nitrogen and oxygen atoms in total. The molecule has 0 aliphatic heterocycles. The molecular weight excluding hydrogens is 487 g/mol. The monoisotopic (exact) mass is 510 g/mol. The lowest BCUT2D eigenvalue weighted by atomic mass is 9.87. The summed E-state index contributed by atoms with van der Waals surface area (Å²) in [5, 5.41) is 6.61. The smallest absolute Gasteiger partial charge is 0.408 e. The number of hydrogen-bond donors (Lipinski definition) is 3. The molecule has 0 spiro atoms. The quantitative estimate of drug-likeness (QED) is 0.363. The molecule has 0 aliphatic carbocycles. The Hall–Kier alpha value is -2.48. The number of nitrogens with zero attached hydrogens (tertiary/aromatic N) is 1. The number of amides is 2. The van der Waals surface area contributed by atoms with Gasteiger partial charge in [0, 0.05) is 48.4 Å². The molecule has 2 amide bonds. The maximum absolute atomic E-state index is 13.4. The average molecular weight is 512 g/mol. The van der Waals surface area contributed by atoms with Crippen LogP contribution in [0.15, 0.2) is 54.9 Å². The van der Waals surface area contributed by atoms with Gasteiger partial charge in [0.2, 0.25) is 9.70 Å². The largest absolute Gasteiger partial charge is 0.445 e. The van der Waals surface area contributed by atoms with E-state index in [0.29, 0.717) is 19.4 Å². The van der Waals surface area contributed by atoms with Gasteiger partial charge in [0.1, 0.15) is 12.1 Å². The molecule has 10 heteroatoms. The molecule has 0 saturated heterocycles. The van der Waals surface area contributed by atoms with Crippen molar-refractivity contribution in [3.8, 4) is 0 Å². The van der Waals surface area contributed by atoms with Gasteiger partial charge in [0.25, 0.3) is 0 Å². The standard InChI is InChI=1S/C23H25Cl3N4O3/c1-2-22(30-21(32)33-15-23(24,25)26,13-16-14-29-19-9-4-3-8-18(16)19)20(31)28-12-10-17-7-5-6-11-27-17/h3-9,11,14,29H,2,10,12-13,15H2,1H3,(H,28,31)(H,30,32). The molecule has 2 aromatic heterocycles. The second-order valence-electron chi connectivity index (χ2n) is 7.62. The van der Waals surface area contributed by atoms with Crippen LogP contribution < -0.4 is 10.6 Å². The number of nitrogens with one attached hydrogen (secondary N) is 3. The molecule has 1 aromatic carbocycles. The lowest BCUT2D eigenvalue weighted by Gasteiger charge is -2.32. The fourth-order valence-corrected chi connectivity index (χ4v) is 3.72. The first-order chi connectivity index (χ1) is 15.7. The summed E-state index contributed by atoms with van der Waals surface area (Å²) >= 11 is 17.1. The first kappa shape index (κ1) is 25.1. The summed E-state index contributed by atoms with van der Waals surface area (Å²) < 4.78 is 3.29. The van der Waals surface area contributed by atoms with E-state index >= 15 is 0 Å². The summed E-state index contributed by atoms with van der Waals surface area (Å²) in [6.07, 6.45) is 3.80. The zero-order chi connectivity index (χ0) is 23.9. The summed E-state index contributed by atoms with van der Waals surface area (Å²) in [4.78, 5) is 33.4. The molecule has 0 saturated carbocycles. The van der Waals surface area contributed by atoms with Crippen molar-refractivity contribution in [3.63, 3.8) is 0 Å². The number of para-hydroxylation sites is 1. The van der Waals surface area contributed by atoms with Gasteiger partial charge in [0.15, 0.2) is 0 Å². The van der Waals surface area contributed by atoms with Crippen LogP contribution in [0.4, 0.5) is 4.79 Å². The maximum Gasteiger partial charge on any atom is 0.408 e. The zero-order valence-corrected chi connectivity index (χ0v) is 20.3. The van der Waals surface area contributed by atoms with Crippen LogP contribution in [0.5, 0.6) is 0 Å². The number of H-pyrrole nitrogens is 1. The van der Waals surface area contributed by atoms with Gasteiger partial charge in [-0.25, -0.2) is 4.79 Å². The van der Waals surface area contributed by atoms with Crippen molar-refractivity contribution in [3.05, 3.63) is 66.1 Å². The van der Waals surface area contributed by atoms with Crippen LogP contribution in [0, 0.1) is 0 Å². The highest BCUT2D eigenvalue weighted by molar-refractivity contribution is 6.67. The van der Waals surface area contributed by atoms with Gasteiger partial charge >= 0.3 is 6.09 Å². The highest BCUT2D eigenvalue weighted by atomic mass is 35.6. The van der Waals surface area contributed by atoms with Crippen LogP contribution in [-0.4, -0.2) is 44.5 Å². The van der Waals surface area contributed by atoms with Crippen LogP contribution in [0.25, 0.3) is 10.9 Å². The number of ether oxygens (including phenoxy) is 1. The zero-order valence-electron chi connectivity index (χ0n) is 18.0. The number of alkyl carbamates (subject to hydrolysis) is 1. The Morgan fingerprint density at radius 1 is 1.12 bits per heavy atom. The van der Waals surface area contributed by atoms with Crippen LogP contribution >= 0.6 is 34.8 Å². The second kappa shape index (κ2) is 11.1. The molecular formula is C23H25Cl3N4O3. The first-order valence-corrected chi connectivity index (χ1v) is 11.6. The number of fused-ring (bicyclic) bond motifs is 1. The van der Waals surface area contributed by atoms with E-state index in [4.69, 9.17) is 39.5 Å². The number of carbonyl (C=O) groups excluding carboxylic acids is 2. The van der Waals surface area contributed by atoms with Crippen LogP contribution in [-0.2, 0) is 22.4 Å². The molecule has 0 aliphatic rings. The highest BCUT2D eigenvalue weighted by Gasteiger charge is 2.40. The number of aromatic amines is 1. The average Bonchev–Trinajstić information content (AvgIpc) is 3.20. The molecule has 33 heavy (non-hydrogen) atoms. The van der Waals surface area contributed by atoms with Gasteiger partial charge in [-0.3, -0.25) is 9.78 Å². The van der Waals surface area contributed by atoms with Crippen LogP contribution in [0.3, 0.4) is 0 Å². The lowest BCUT2D eigenvalue weighted by Crippen LogP contribution is -2.60. The van der Waals surface area contributed by atoms with Crippen molar-refractivity contribution in [1.82, 2.24) is 20.6 Å². The molecule has 1 atom stereocenters. The SMILES string of the molecule is CCC(Cc1c[nH]c2ccccc12)(NC(=O)OCC(Cl)(Cl)Cl)C(=O)NCCc1ccccn1. The normalized spacial score (nSPS) is 13.3. The van der Waals surface area contributed by atoms with Gasteiger partial charge in [-0.05, 0) is 30.2 Å². The Labute approximate surface area is 207 Å². The number of pyridine rings is 1. The third kappa shape index (κ3) is 7.00. The Bertz CT molecular complexity index is 1090. The van der Waals surface area contributed by atoms with Crippen molar-refractivity contribution >= 4 is 57.7 Å². The van der Waals surface area contributed by atoms with Crippen LogP contribution in [0.2, 0.25) is 0 Å². The summed E-state index contributed by atoms with van der Waals surface area (Å²) in [5.74, 6) is -0.336. The topological polar surface area (TPSA) is 96.1 Å². The molecule has 3 rings (SSSR count). The number of halogens is 3. The lowest BCUT2D eigenvalue weighted by molar-refractivity contribution is -0.127. The summed E-state index contributed by atoms with van der Waals surface area (Å²) in [5.41, 5.74) is 1.40. The first-order valence-electron chi connectivity index (χ1n) is 10.5. The minimum atomic E-state index is -1.76. The van der Waals surface area contributed by atoms with E-state index in [-0.39, 0.29) is 12.3 Å². The Morgan fingerprint density at radius 2 is 1.88 bits per heavy atom. The molecule has 3 aromatic rings. The minimum Gasteiger partial charge on any atom is -0.445 e. The second-order valence-corrected chi connectivity index (χ2v) is 10.1. The van der Waals surface area contributed by atoms with Crippen LogP contribution in [0.1, 0.15) is 24.6 Å². The Morgan fingerprint density at radius 3 is 2.58 bits per heavy atom. The van der Waals surface area contributed by atoms with Crippen molar-refractivity contribution in [2.75, 3.05) is 13.2 Å². The fourth-order valence-electron chi connectivity index (χ4n) is 3.56. The van der Waals surface area contributed by atoms with Gasteiger partial charge in [0.05, 0.1) is 0 Å². The van der Waals surface area contributed by atoms with Crippen molar-refractivity contribution in [2.24, 2.45) is 0 Å². The number of alkyl halides is 3. The Balaban J connectivity index is 1.80. The van der Waals surface area contributed by atoms with E-state index in [1.807, 2.05) is 55.6 Å². The van der Waals surface area contributed by atoms with Gasteiger partial charge in [-0.2, -0.15) is 0 Å². The van der Waals surface area contributed by atoms with E-state index < -0.39 is 22.0 Å². The molecule has 1 unspecified atom stereocenters.